The predicted octanol–water partition coefficient (Wildman–Crippen LogP) is 1.03. The maximum Gasteiger partial charge on any atom is 0.228 e. The van der Waals surface area contributed by atoms with E-state index < -0.39 is 0 Å². The van der Waals surface area contributed by atoms with Crippen molar-refractivity contribution in [2.75, 3.05) is 30.4 Å². The molecule has 9 heteroatoms. The average molecular weight is 318 g/mol. The first-order valence-corrected chi connectivity index (χ1v) is 7.39. The summed E-state index contributed by atoms with van der Waals surface area (Å²) in [4.78, 5) is 22.9. The molecule has 1 amide bonds. The summed E-state index contributed by atoms with van der Waals surface area (Å²) in [5, 5.41) is 10.1. The van der Waals surface area contributed by atoms with E-state index in [0.29, 0.717) is 36.4 Å². The standard InChI is InChI=1S/C14H18N6O3/c1-9-12(19-23-18-9)17-13(21)10-4-7-20(8-5-10)14-15-6-3-11(16-14)22-2/h3,6,10H,4-5,7-8H2,1-2H3,(H,17,19,21). The maximum absolute atomic E-state index is 12.3. The van der Waals surface area contributed by atoms with Gasteiger partial charge in [0, 0.05) is 31.3 Å². The molecule has 0 saturated carbocycles. The SMILES string of the molecule is COc1ccnc(N2CCC(C(=O)Nc3nonc3C)CC2)n1. The first-order valence-electron chi connectivity index (χ1n) is 7.39. The molecule has 3 heterocycles. The number of nitrogens with zero attached hydrogens (tertiary/aromatic N) is 5. The smallest absolute Gasteiger partial charge is 0.228 e. The fourth-order valence-corrected chi connectivity index (χ4v) is 2.50. The zero-order valence-corrected chi connectivity index (χ0v) is 13.0. The summed E-state index contributed by atoms with van der Waals surface area (Å²) in [7, 11) is 1.57. The lowest BCUT2D eigenvalue weighted by molar-refractivity contribution is -0.120. The van der Waals surface area contributed by atoms with E-state index in [4.69, 9.17) is 4.74 Å². The Labute approximate surface area is 133 Å². The van der Waals surface area contributed by atoms with Crippen LogP contribution in [-0.4, -0.2) is 46.4 Å². The number of hydrogen-bond acceptors (Lipinski definition) is 8. The van der Waals surface area contributed by atoms with E-state index in [1.807, 2.05) is 0 Å². The van der Waals surface area contributed by atoms with Crippen molar-refractivity contribution in [1.82, 2.24) is 20.3 Å². The molecule has 0 unspecified atom stereocenters. The summed E-state index contributed by atoms with van der Waals surface area (Å²) in [6, 6.07) is 1.71. The van der Waals surface area contributed by atoms with Gasteiger partial charge < -0.3 is 15.0 Å². The zero-order chi connectivity index (χ0) is 16.2. The lowest BCUT2D eigenvalue weighted by Crippen LogP contribution is -2.39. The number of nitrogens with one attached hydrogen (secondary N) is 1. The van der Waals surface area contributed by atoms with Crippen LogP contribution in [0.3, 0.4) is 0 Å². The molecule has 0 atom stereocenters. The molecule has 3 rings (SSSR count). The van der Waals surface area contributed by atoms with Crippen LogP contribution >= 0.6 is 0 Å². The Balaban J connectivity index is 1.57. The van der Waals surface area contributed by atoms with E-state index in [1.54, 1.807) is 26.3 Å². The van der Waals surface area contributed by atoms with Crippen LogP contribution in [0, 0.1) is 12.8 Å². The highest BCUT2D eigenvalue weighted by atomic mass is 16.6. The lowest BCUT2D eigenvalue weighted by Gasteiger charge is -2.31. The molecule has 9 nitrogen and oxygen atoms in total. The van der Waals surface area contributed by atoms with Gasteiger partial charge in [-0.2, -0.15) is 4.98 Å². The largest absolute Gasteiger partial charge is 0.481 e. The number of piperidine rings is 1. The van der Waals surface area contributed by atoms with Crippen LogP contribution < -0.4 is 15.0 Å². The predicted molar refractivity (Wildman–Crippen MR) is 81.2 cm³/mol. The molecule has 0 aliphatic carbocycles. The van der Waals surface area contributed by atoms with Crippen LogP contribution in [0.2, 0.25) is 0 Å². The number of aryl methyl sites for hydroxylation is 1. The molecule has 2 aromatic rings. The van der Waals surface area contributed by atoms with Gasteiger partial charge >= 0.3 is 0 Å². The molecular formula is C14H18N6O3. The van der Waals surface area contributed by atoms with Gasteiger partial charge in [0.2, 0.25) is 17.7 Å². The van der Waals surface area contributed by atoms with Crippen LogP contribution in [0.25, 0.3) is 0 Å². The summed E-state index contributed by atoms with van der Waals surface area (Å²) in [6.07, 6.45) is 3.10. The van der Waals surface area contributed by atoms with Gasteiger partial charge in [0.1, 0.15) is 5.69 Å². The molecule has 0 radical (unpaired) electrons. The van der Waals surface area contributed by atoms with Crippen LogP contribution in [0.5, 0.6) is 5.88 Å². The second-order valence-electron chi connectivity index (χ2n) is 5.35. The van der Waals surface area contributed by atoms with Gasteiger partial charge in [-0.15, -0.1) is 0 Å². The lowest BCUT2D eigenvalue weighted by atomic mass is 9.96. The maximum atomic E-state index is 12.3. The number of hydrogen-bond donors (Lipinski definition) is 1. The molecule has 0 aromatic carbocycles. The number of rotatable bonds is 4. The van der Waals surface area contributed by atoms with Crippen molar-refractivity contribution >= 4 is 17.7 Å². The monoisotopic (exact) mass is 318 g/mol. The highest BCUT2D eigenvalue weighted by molar-refractivity contribution is 5.92. The minimum absolute atomic E-state index is 0.0602. The number of anilines is 2. The van der Waals surface area contributed by atoms with Crippen molar-refractivity contribution in [2.45, 2.75) is 19.8 Å². The first kappa shape index (κ1) is 15.2. The van der Waals surface area contributed by atoms with Gasteiger partial charge in [0.15, 0.2) is 5.82 Å². The third kappa shape index (κ3) is 3.38. The summed E-state index contributed by atoms with van der Waals surface area (Å²) in [5.41, 5.74) is 0.570. The molecule has 122 valence electrons. The molecule has 1 saturated heterocycles. The zero-order valence-electron chi connectivity index (χ0n) is 13.0. The van der Waals surface area contributed by atoms with Crippen LogP contribution in [0.1, 0.15) is 18.5 Å². The highest BCUT2D eigenvalue weighted by Gasteiger charge is 2.27. The van der Waals surface area contributed by atoms with Gasteiger partial charge in [-0.05, 0) is 24.9 Å². The van der Waals surface area contributed by atoms with Gasteiger partial charge in [0.05, 0.1) is 7.11 Å². The Morgan fingerprint density at radius 3 is 2.83 bits per heavy atom. The molecule has 2 aromatic heterocycles. The third-order valence-electron chi connectivity index (χ3n) is 3.87. The fraction of sp³-hybridized carbons (Fsp3) is 0.500. The Kier molecular flexibility index (Phi) is 4.35. The first-order chi connectivity index (χ1) is 11.2. The topological polar surface area (TPSA) is 106 Å². The normalized spacial score (nSPS) is 15.5. The van der Waals surface area contributed by atoms with Crippen molar-refractivity contribution < 1.29 is 14.2 Å². The highest BCUT2D eigenvalue weighted by Crippen LogP contribution is 2.23. The van der Waals surface area contributed by atoms with Crippen molar-refractivity contribution in [3.05, 3.63) is 18.0 Å². The quantitative estimate of drug-likeness (QED) is 0.891. The van der Waals surface area contributed by atoms with Crippen LogP contribution in [0.4, 0.5) is 11.8 Å². The molecule has 1 N–H and O–H groups in total. The van der Waals surface area contributed by atoms with E-state index in [-0.39, 0.29) is 11.8 Å². The van der Waals surface area contributed by atoms with E-state index in [2.05, 4.69) is 35.1 Å². The van der Waals surface area contributed by atoms with Gasteiger partial charge in [-0.1, -0.05) is 5.16 Å². The van der Waals surface area contributed by atoms with Crippen molar-refractivity contribution in [1.29, 1.82) is 0 Å². The number of methoxy groups -OCH3 is 1. The molecule has 1 aliphatic rings. The summed E-state index contributed by atoms with van der Waals surface area (Å²) >= 11 is 0. The fourth-order valence-electron chi connectivity index (χ4n) is 2.50. The number of amides is 1. The molecule has 23 heavy (non-hydrogen) atoms. The van der Waals surface area contributed by atoms with Crippen molar-refractivity contribution in [3.63, 3.8) is 0 Å². The number of carbonyl (C=O) groups is 1. The Bertz CT molecular complexity index is 681. The summed E-state index contributed by atoms with van der Waals surface area (Å²) < 4.78 is 9.69. The average Bonchev–Trinajstić information content (AvgIpc) is 3.00. The molecule has 1 aliphatic heterocycles. The number of carbonyl (C=O) groups excluding carboxylic acids is 1. The van der Waals surface area contributed by atoms with Gasteiger partial charge in [0.25, 0.3) is 0 Å². The second kappa shape index (κ2) is 6.59. The molecular weight excluding hydrogens is 300 g/mol. The van der Waals surface area contributed by atoms with E-state index in [1.165, 1.54) is 0 Å². The Morgan fingerprint density at radius 2 is 2.17 bits per heavy atom. The number of aromatic nitrogens is 4. The minimum Gasteiger partial charge on any atom is -0.481 e. The van der Waals surface area contributed by atoms with Crippen LogP contribution in [-0.2, 0) is 4.79 Å². The minimum atomic E-state index is -0.0760. The van der Waals surface area contributed by atoms with Crippen molar-refractivity contribution in [3.8, 4) is 5.88 Å². The van der Waals surface area contributed by atoms with Crippen LogP contribution in [0.15, 0.2) is 16.9 Å². The van der Waals surface area contributed by atoms with Crippen molar-refractivity contribution in [2.24, 2.45) is 5.92 Å². The van der Waals surface area contributed by atoms with Gasteiger partial charge in [-0.25, -0.2) is 9.61 Å². The summed E-state index contributed by atoms with van der Waals surface area (Å²) in [6.45, 7) is 3.15. The van der Waals surface area contributed by atoms with E-state index in [9.17, 15) is 4.79 Å². The van der Waals surface area contributed by atoms with E-state index in [0.717, 1.165) is 12.8 Å². The Morgan fingerprint density at radius 1 is 1.39 bits per heavy atom. The second-order valence-corrected chi connectivity index (χ2v) is 5.35. The van der Waals surface area contributed by atoms with Gasteiger partial charge in [-0.3, -0.25) is 4.79 Å². The molecule has 0 spiro atoms. The molecule has 0 bridgehead atoms. The number of ether oxygens (including phenoxy) is 1. The van der Waals surface area contributed by atoms with E-state index >= 15 is 0 Å². The molecule has 1 fully saturated rings. The summed E-state index contributed by atoms with van der Waals surface area (Å²) in [5.74, 6) is 1.40. The Hall–Kier alpha value is -2.71. The third-order valence-corrected chi connectivity index (χ3v) is 3.87.